The van der Waals surface area contributed by atoms with Crippen LogP contribution in [0.25, 0.3) is 0 Å². The summed E-state index contributed by atoms with van der Waals surface area (Å²) in [5, 5.41) is 10.7. The lowest BCUT2D eigenvalue weighted by Crippen LogP contribution is -2.30. The zero-order valence-electron chi connectivity index (χ0n) is 69.4. The van der Waals surface area contributed by atoms with E-state index in [0.29, 0.717) is 25.7 Å². The number of ether oxygens (including phenoxy) is 4. The molecule has 0 spiro atoms. The molecule has 0 radical (unpaired) electrons. The van der Waals surface area contributed by atoms with E-state index in [9.17, 15) is 43.2 Å². The van der Waals surface area contributed by atoms with Crippen LogP contribution in [0.4, 0.5) is 0 Å². The molecule has 0 heterocycles. The molecular formula is C87H170O17P2. The number of carbonyl (C=O) groups excluding carboxylic acids is 4. The molecule has 0 saturated heterocycles. The van der Waals surface area contributed by atoms with Crippen LogP contribution >= 0.6 is 15.6 Å². The van der Waals surface area contributed by atoms with Crippen LogP contribution < -0.4 is 0 Å². The maximum atomic E-state index is 13.2. The molecule has 2 unspecified atom stereocenters. The lowest BCUT2D eigenvalue weighted by Gasteiger charge is -2.21. The van der Waals surface area contributed by atoms with Gasteiger partial charge in [0.25, 0.3) is 0 Å². The summed E-state index contributed by atoms with van der Waals surface area (Å²) < 4.78 is 68.9. The topological polar surface area (TPSA) is 237 Å². The van der Waals surface area contributed by atoms with E-state index in [2.05, 4.69) is 27.7 Å². The second-order valence-corrected chi connectivity index (χ2v) is 34.2. The number of esters is 4. The Hall–Kier alpha value is -1.94. The summed E-state index contributed by atoms with van der Waals surface area (Å²) in [4.78, 5) is 73.2. The van der Waals surface area contributed by atoms with Gasteiger partial charge in [-0.15, -0.1) is 0 Å². The normalized spacial score (nSPS) is 13.7. The molecule has 630 valence electrons. The molecule has 0 aliphatic heterocycles. The van der Waals surface area contributed by atoms with E-state index in [1.54, 1.807) is 0 Å². The summed E-state index contributed by atoms with van der Waals surface area (Å²) in [6.07, 6.45) is 76.5. The average molecular weight is 1550 g/mol. The fraction of sp³-hybridized carbons (Fsp3) is 0.954. The maximum absolute atomic E-state index is 13.2. The van der Waals surface area contributed by atoms with Crippen molar-refractivity contribution >= 4 is 39.5 Å². The third-order valence-corrected chi connectivity index (χ3v) is 22.5. The Kier molecular flexibility index (Phi) is 79.6. The van der Waals surface area contributed by atoms with Crippen molar-refractivity contribution in [2.24, 2.45) is 0 Å². The summed E-state index contributed by atoms with van der Waals surface area (Å²) in [7, 11) is -9.92. The lowest BCUT2D eigenvalue weighted by molar-refractivity contribution is -0.161. The molecule has 0 amide bonds. The van der Waals surface area contributed by atoms with Gasteiger partial charge in [-0.1, -0.05) is 426 Å². The molecule has 0 rings (SSSR count). The molecule has 0 aliphatic carbocycles. The SMILES string of the molecule is CCCCCCCCCCCCCCCCCCCCCCCCC(=O)O[C@H](COC(=O)CCCCCCCCCCCCCCCCCCCCCC)COP(=O)(O)OC[C@@H](O)COP(=O)(O)OC[C@@H](COC(=O)CCCCCCCCCCCC)OC(=O)CCCCCCCCCCCCCCCC. The van der Waals surface area contributed by atoms with Crippen molar-refractivity contribution in [3.05, 3.63) is 0 Å². The van der Waals surface area contributed by atoms with Crippen LogP contribution in [0, 0.1) is 0 Å². The smallest absolute Gasteiger partial charge is 0.462 e. The number of aliphatic hydroxyl groups excluding tert-OH is 1. The monoisotopic (exact) mass is 1550 g/mol. The van der Waals surface area contributed by atoms with E-state index >= 15 is 0 Å². The van der Waals surface area contributed by atoms with Gasteiger partial charge < -0.3 is 33.8 Å². The van der Waals surface area contributed by atoms with Crippen LogP contribution in [0.5, 0.6) is 0 Å². The van der Waals surface area contributed by atoms with Crippen molar-refractivity contribution in [3.63, 3.8) is 0 Å². The molecule has 0 aromatic rings. The Morgan fingerprint density at radius 1 is 0.226 bits per heavy atom. The van der Waals surface area contributed by atoms with Crippen molar-refractivity contribution in [2.45, 2.75) is 495 Å². The first-order chi connectivity index (χ1) is 51.7. The molecule has 0 saturated carbocycles. The fourth-order valence-corrected chi connectivity index (χ4v) is 15.3. The molecule has 3 N–H and O–H groups in total. The van der Waals surface area contributed by atoms with E-state index in [0.717, 1.165) is 89.9 Å². The highest BCUT2D eigenvalue weighted by Gasteiger charge is 2.30. The molecule has 0 aliphatic rings. The van der Waals surface area contributed by atoms with Gasteiger partial charge in [-0.25, -0.2) is 9.13 Å². The van der Waals surface area contributed by atoms with Gasteiger partial charge in [-0.3, -0.25) is 37.3 Å². The molecule has 17 nitrogen and oxygen atoms in total. The summed E-state index contributed by atoms with van der Waals surface area (Å²) in [6, 6.07) is 0. The van der Waals surface area contributed by atoms with Crippen molar-refractivity contribution in [1.29, 1.82) is 0 Å². The van der Waals surface area contributed by atoms with E-state index in [-0.39, 0.29) is 25.7 Å². The quantitative estimate of drug-likeness (QED) is 0.0222. The van der Waals surface area contributed by atoms with Crippen molar-refractivity contribution in [1.82, 2.24) is 0 Å². The number of aliphatic hydroxyl groups is 1. The Bertz CT molecular complexity index is 2000. The van der Waals surface area contributed by atoms with Crippen LogP contribution in [0.1, 0.15) is 477 Å². The van der Waals surface area contributed by atoms with Crippen LogP contribution in [-0.4, -0.2) is 96.7 Å². The second-order valence-electron chi connectivity index (χ2n) is 31.3. The van der Waals surface area contributed by atoms with Crippen LogP contribution in [-0.2, 0) is 65.4 Å². The van der Waals surface area contributed by atoms with E-state index in [1.165, 1.54) is 308 Å². The second kappa shape index (κ2) is 81.1. The average Bonchev–Trinajstić information content (AvgIpc) is 0.903. The van der Waals surface area contributed by atoms with Gasteiger partial charge >= 0.3 is 39.5 Å². The van der Waals surface area contributed by atoms with Crippen molar-refractivity contribution < 1.29 is 80.2 Å². The van der Waals surface area contributed by atoms with Crippen LogP contribution in [0.3, 0.4) is 0 Å². The Morgan fingerprint density at radius 2 is 0.377 bits per heavy atom. The van der Waals surface area contributed by atoms with Gasteiger partial charge in [0.2, 0.25) is 0 Å². The summed E-state index contributed by atoms with van der Waals surface area (Å²) in [5.74, 6) is -2.10. The van der Waals surface area contributed by atoms with Gasteiger partial charge in [0, 0.05) is 25.7 Å². The van der Waals surface area contributed by atoms with Crippen molar-refractivity contribution in [2.75, 3.05) is 39.6 Å². The first kappa shape index (κ1) is 104. The number of hydrogen-bond acceptors (Lipinski definition) is 15. The Morgan fingerprint density at radius 3 is 0.557 bits per heavy atom. The number of carbonyl (C=O) groups is 4. The summed E-state index contributed by atoms with van der Waals surface area (Å²) in [5.41, 5.74) is 0. The zero-order chi connectivity index (χ0) is 77.4. The van der Waals surface area contributed by atoms with E-state index in [1.807, 2.05) is 0 Å². The minimum Gasteiger partial charge on any atom is -0.462 e. The molecule has 0 bridgehead atoms. The van der Waals surface area contributed by atoms with Gasteiger partial charge in [0.05, 0.1) is 26.4 Å². The van der Waals surface area contributed by atoms with Crippen LogP contribution in [0.15, 0.2) is 0 Å². The zero-order valence-corrected chi connectivity index (χ0v) is 71.2. The highest BCUT2D eigenvalue weighted by atomic mass is 31.2. The highest BCUT2D eigenvalue weighted by Crippen LogP contribution is 2.45. The molecule has 0 fully saturated rings. The van der Waals surface area contributed by atoms with Gasteiger partial charge in [0.1, 0.15) is 19.3 Å². The molecule has 0 aromatic heterocycles. The van der Waals surface area contributed by atoms with Crippen LogP contribution in [0.2, 0.25) is 0 Å². The minimum absolute atomic E-state index is 0.109. The molecule has 0 aromatic carbocycles. The number of phosphoric ester groups is 2. The minimum atomic E-state index is -4.97. The standard InChI is InChI=1S/C87H170O17P2/c1-5-9-13-17-21-25-29-32-35-37-39-41-42-44-46-48-51-54-58-62-66-70-74-87(92)104-83(78-98-85(90)72-68-64-60-56-52-50-47-45-43-40-38-36-33-30-26-22-18-14-10-6-2)80-102-106(95,96)100-76-81(88)75-99-105(93,94)101-79-82(77-97-84(89)71-67-63-59-55-28-24-20-16-12-8-4)103-86(91)73-69-65-61-57-53-49-34-31-27-23-19-15-11-7-3/h81-83,88H,5-80H2,1-4H3,(H,93,94)(H,95,96)/t81-,82+,83+/m0/s1. The maximum Gasteiger partial charge on any atom is 0.472 e. The number of phosphoric acid groups is 2. The molecular weight excluding hydrogens is 1380 g/mol. The highest BCUT2D eigenvalue weighted by molar-refractivity contribution is 7.47. The first-order valence-electron chi connectivity index (χ1n) is 45.3. The predicted molar refractivity (Wildman–Crippen MR) is 437 cm³/mol. The first-order valence-corrected chi connectivity index (χ1v) is 48.3. The third kappa shape index (κ3) is 80.1. The third-order valence-electron chi connectivity index (χ3n) is 20.6. The number of rotatable bonds is 88. The largest absolute Gasteiger partial charge is 0.472 e. The number of unbranched alkanes of at least 4 members (excludes halogenated alkanes) is 62. The summed E-state index contributed by atoms with van der Waals surface area (Å²) >= 11 is 0. The fourth-order valence-electron chi connectivity index (χ4n) is 13.7. The predicted octanol–water partition coefficient (Wildman–Crippen LogP) is 26.9. The van der Waals surface area contributed by atoms with E-state index in [4.69, 9.17) is 37.0 Å². The Balaban J connectivity index is 5.20. The van der Waals surface area contributed by atoms with Crippen molar-refractivity contribution in [3.8, 4) is 0 Å². The summed E-state index contributed by atoms with van der Waals surface area (Å²) in [6.45, 7) is 5.05. The Labute approximate surface area is 651 Å². The molecule has 19 heteroatoms. The lowest BCUT2D eigenvalue weighted by atomic mass is 10.0. The van der Waals surface area contributed by atoms with Gasteiger partial charge in [-0.2, -0.15) is 0 Å². The van der Waals surface area contributed by atoms with Gasteiger partial charge in [0.15, 0.2) is 12.2 Å². The number of hydrogen-bond donors (Lipinski definition) is 3. The van der Waals surface area contributed by atoms with E-state index < -0.39 is 97.5 Å². The molecule has 106 heavy (non-hydrogen) atoms. The molecule has 5 atom stereocenters. The van der Waals surface area contributed by atoms with Gasteiger partial charge in [-0.05, 0) is 25.7 Å².